The third kappa shape index (κ3) is 6.56. The van der Waals surface area contributed by atoms with Gasteiger partial charge < -0.3 is 23.4 Å². The summed E-state index contributed by atoms with van der Waals surface area (Å²) in [6, 6.07) is 31.4. The Morgan fingerprint density at radius 3 is 1.64 bits per heavy atom. The predicted molar refractivity (Wildman–Crippen MR) is 175 cm³/mol. The molecule has 220 valence electrons. The van der Waals surface area contributed by atoms with Crippen molar-refractivity contribution in [3.8, 4) is 23.0 Å². The second-order valence-corrected chi connectivity index (χ2v) is 15.4. The zero-order valence-corrected chi connectivity index (χ0v) is 26.8. The molecule has 0 fully saturated rings. The summed E-state index contributed by atoms with van der Waals surface area (Å²) >= 11 is 0. The zero-order valence-electron chi connectivity index (χ0n) is 25.8. The van der Waals surface area contributed by atoms with Crippen LogP contribution in [0.3, 0.4) is 0 Å². The van der Waals surface area contributed by atoms with Gasteiger partial charge in [0.05, 0.1) is 28.4 Å². The highest BCUT2D eigenvalue weighted by molar-refractivity contribution is 6.99. The fraction of sp³-hybridized carbons (Fsp3) is 0.278. The van der Waals surface area contributed by atoms with Crippen LogP contribution in [0.1, 0.15) is 37.5 Å². The molecule has 4 aromatic rings. The minimum absolute atomic E-state index is 0.0938. The number of rotatable bonds is 12. The first kappa shape index (κ1) is 30.9. The standard InChI is InChI=1S/C36H42O5Si/c1-36(2,3)42(30-14-10-8-11-15-30,31-16-12-9-13-17-31)41-23-22-29-26-35(40-7)34(39-6)25-28(29)20-18-27-19-21-32(37-4)33(24-27)38-5/h8-21,24-26H,22-23H2,1-7H3/b20-18+. The molecule has 0 heterocycles. The Kier molecular flexibility index (Phi) is 10.1. The molecule has 0 N–H and O–H groups in total. The maximum atomic E-state index is 7.19. The molecule has 42 heavy (non-hydrogen) atoms. The van der Waals surface area contributed by atoms with Crippen molar-refractivity contribution in [3.05, 3.63) is 108 Å². The molecule has 0 bridgehead atoms. The third-order valence-corrected chi connectivity index (χ3v) is 12.7. The Balaban J connectivity index is 1.71. The second kappa shape index (κ2) is 13.8. The molecule has 0 saturated carbocycles. The van der Waals surface area contributed by atoms with Gasteiger partial charge in [-0.25, -0.2) is 0 Å². The predicted octanol–water partition coefficient (Wildman–Crippen LogP) is 7.01. The van der Waals surface area contributed by atoms with Crippen molar-refractivity contribution in [1.82, 2.24) is 0 Å². The SMILES string of the molecule is COc1ccc(/C=C/c2cc(OC)c(OC)cc2CCO[Si](c2ccccc2)(c2ccccc2)C(C)(C)C)cc1OC. The van der Waals surface area contributed by atoms with Gasteiger partial charge in [-0.1, -0.05) is 99.7 Å². The minimum atomic E-state index is -2.65. The topological polar surface area (TPSA) is 46.2 Å². The first-order valence-corrected chi connectivity index (χ1v) is 16.1. The molecular weight excluding hydrogens is 540 g/mol. The first-order chi connectivity index (χ1) is 20.3. The Morgan fingerprint density at radius 1 is 0.595 bits per heavy atom. The Hall–Kier alpha value is -4.00. The van der Waals surface area contributed by atoms with Crippen LogP contribution >= 0.6 is 0 Å². The summed E-state index contributed by atoms with van der Waals surface area (Å²) in [6.45, 7) is 7.45. The molecule has 4 aromatic carbocycles. The summed E-state index contributed by atoms with van der Waals surface area (Å²) in [7, 11) is 3.95. The Morgan fingerprint density at radius 2 is 1.12 bits per heavy atom. The van der Waals surface area contributed by atoms with Crippen molar-refractivity contribution < 1.29 is 23.4 Å². The average molecular weight is 583 g/mol. The fourth-order valence-electron chi connectivity index (χ4n) is 5.53. The third-order valence-electron chi connectivity index (χ3n) is 7.62. The fourth-order valence-corrected chi connectivity index (χ4v) is 10.1. The van der Waals surface area contributed by atoms with Gasteiger partial charge in [-0.05, 0) is 62.8 Å². The molecule has 5 nitrogen and oxygen atoms in total. The molecule has 0 atom stereocenters. The maximum Gasteiger partial charge on any atom is 0.261 e. The van der Waals surface area contributed by atoms with Crippen LogP contribution in [0.15, 0.2) is 91.0 Å². The lowest BCUT2D eigenvalue weighted by atomic mass is 10.0. The Labute approximate surface area is 251 Å². The highest BCUT2D eigenvalue weighted by atomic mass is 28.4. The van der Waals surface area contributed by atoms with E-state index in [1.54, 1.807) is 28.4 Å². The molecule has 0 unspecified atom stereocenters. The van der Waals surface area contributed by atoms with Crippen molar-refractivity contribution >= 4 is 30.8 Å². The maximum absolute atomic E-state index is 7.19. The monoisotopic (exact) mass is 582 g/mol. The molecular formula is C36H42O5Si. The van der Waals surface area contributed by atoms with Crippen LogP contribution in [-0.4, -0.2) is 43.4 Å². The molecule has 0 radical (unpaired) electrons. The van der Waals surface area contributed by atoms with Gasteiger partial charge in [-0.3, -0.25) is 0 Å². The van der Waals surface area contributed by atoms with Gasteiger partial charge in [0.1, 0.15) is 0 Å². The van der Waals surface area contributed by atoms with Crippen LogP contribution < -0.4 is 29.3 Å². The minimum Gasteiger partial charge on any atom is -0.493 e. The van der Waals surface area contributed by atoms with E-state index in [1.165, 1.54) is 10.4 Å². The van der Waals surface area contributed by atoms with Crippen molar-refractivity contribution in [2.45, 2.75) is 32.2 Å². The number of ether oxygens (including phenoxy) is 4. The van der Waals surface area contributed by atoms with Crippen molar-refractivity contribution in [2.75, 3.05) is 35.0 Å². The van der Waals surface area contributed by atoms with E-state index in [9.17, 15) is 0 Å². The number of methoxy groups -OCH3 is 4. The van der Waals surface area contributed by atoms with Gasteiger partial charge >= 0.3 is 0 Å². The average Bonchev–Trinajstić information content (AvgIpc) is 3.02. The van der Waals surface area contributed by atoms with Crippen LogP contribution in [0.5, 0.6) is 23.0 Å². The quantitative estimate of drug-likeness (QED) is 0.133. The lowest BCUT2D eigenvalue weighted by molar-refractivity contribution is 0.301. The van der Waals surface area contributed by atoms with Crippen molar-refractivity contribution in [3.63, 3.8) is 0 Å². The zero-order chi connectivity index (χ0) is 30.2. The van der Waals surface area contributed by atoms with E-state index >= 15 is 0 Å². The van der Waals surface area contributed by atoms with E-state index in [0.717, 1.165) is 16.7 Å². The molecule has 0 aromatic heterocycles. The lowest BCUT2D eigenvalue weighted by Crippen LogP contribution is -2.66. The number of hydrogen-bond donors (Lipinski definition) is 0. The molecule has 6 heteroatoms. The molecule has 0 aliphatic rings. The van der Waals surface area contributed by atoms with E-state index in [2.05, 4.69) is 99.7 Å². The highest BCUT2D eigenvalue weighted by Gasteiger charge is 2.50. The van der Waals surface area contributed by atoms with Gasteiger partial charge in [0, 0.05) is 6.61 Å². The summed E-state index contributed by atoms with van der Waals surface area (Å²) in [5, 5.41) is 2.44. The summed E-state index contributed by atoms with van der Waals surface area (Å²) in [6.07, 6.45) is 4.87. The van der Waals surface area contributed by atoms with Gasteiger partial charge in [-0.15, -0.1) is 0 Å². The van der Waals surface area contributed by atoms with E-state index in [0.29, 0.717) is 36.0 Å². The van der Waals surface area contributed by atoms with Crippen LogP contribution in [0.25, 0.3) is 12.2 Å². The van der Waals surface area contributed by atoms with Gasteiger partial charge in [-0.2, -0.15) is 0 Å². The summed E-state index contributed by atoms with van der Waals surface area (Å²) in [4.78, 5) is 0. The molecule has 0 amide bonds. The van der Waals surface area contributed by atoms with Crippen LogP contribution in [0.2, 0.25) is 5.04 Å². The molecule has 0 spiro atoms. The van der Waals surface area contributed by atoms with E-state index in [-0.39, 0.29) is 5.04 Å². The molecule has 0 aliphatic carbocycles. The van der Waals surface area contributed by atoms with Crippen LogP contribution in [0, 0.1) is 0 Å². The van der Waals surface area contributed by atoms with Gasteiger partial charge in [0.15, 0.2) is 23.0 Å². The van der Waals surface area contributed by atoms with E-state index in [1.807, 2.05) is 24.3 Å². The Bertz CT molecular complexity index is 1440. The molecule has 0 saturated heterocycles. The first-order valence-electron chi connectivity index (χ1n) is 14.2. The molecule has 0 aliphatic heterocycles. The smallest absolute Gasteiger partial charge is 0.261 e. The van der Waals surface area contributed by atoms with E-state index in [4.69, 9.17) is 23.4 Å². The number of hydrogen-bond acceptors (Lipinski definition) is 5. The van der Waals surface area contributed by atoms with Crippen molar-refractivity contribution in [2.24, 2.45) is 0 Å². The molecule has 4 rings (SSSR count). The normalized spacial score (nSPS) is 11.9. The van der Waals surface area contributed by atoms with E-state index < -0.39 is 8.32 Å². The van der Waals surface area contributed by atoms with Crippen molar-refractivity contribution in [1.29, 1.82) is 0 Å². The summed E-state index contributed by atoms with van der Waals surface area (Å²) < 4.78 is 29.4. The van der Waals surface area contributed by atoms with Crippen LogP contribution in [0.4, 0.5) is 0 Å². The highest BCUT2D eigenvalue weighted by Crippen LogP contribution is 2.37. The van der Waals surface area contributed by atoms with Crippen LogP contribution in [-0.2, 0) is 10.8 Å². The van der Waals surface area contributed by atoms with Gasteiger partial charge in [0.2, 0.25) is 0 Å². The number of benzene rings is 4. The largest absolute Gasteiger partial charge is 0.493 e. The summed E-state index contributed by atoms with van der Waals surface area (Å²) in [5.74, 6) is 2.76. The van der Waals surface area contributed by atoms with Gasteiger partial charge in [0.25, 0.3) is 8.32 Å². The lowest BCUT2D eigenvalue weighted by Gasteiger charge is -2.43. The second-order valence-electron chi connectivity index (χ2n) is 11.1. The summed E-state index contributed by atoms with van der Waals surface area (Å²) in [5.41, 5.74) is 3.15.